The Kier molecular flexibility index (Phi) is 5.30. The molecule has 2 amide bonds. The van der Waals surface area contributed by atoms with Crippen molar-refractivity contribution in [2.75, 3.05) is 11.9 Å². The van der Waals surface area contributed by atoms with Crippen LogP contribution in [0.3, 0.4) is 0 Å². The van der Waals surface area contributed by atoms with Crippen LogP contribution < -0.4 is 10.6 Å². The van der Waals surface area contributed by atoms with Crippen LogP contribution in [-0.4, -0.2) is 22.4 Å². The minimum atomic E-state index is -0.281. The van der Waals surface area contributed by atoms with E-state index in [4.69, 9.17) is 5.26 Å². The molecule has 0 saturated heterocycles. The number of aryl methyl sites for hydroxylation is 1. The van der Waals surface area contributed by atoms with E-state index in [2.05, 4.69) is 21.8 Å². The lowest BCUT2D eigenvalue weighted by atomic mass is 10.1. The Labute approximate surface area is 152 Å². The molecule has 0 saturated carbocycles. The van der Waals surface area contributed by atoms with E-state index in [1.165, 1.54) is 0 Å². The number of amides is 2. The molecular formula is C20H19N5O. The van der Waals surface area contributed by atoms with Crippen LogP contribution in [0.4, 0.5) is 10.5 Å². The Morgan fingerprint density at radius 3 is 2.73 bits per heavy atom. The molecule has 1 aromatic heterocycles. The van der Waals surface area contributed by atoms with Crippen molar-refractivity contribution in [3.8, 4) is 11.8 Å². The molecule has 3 rings (SSSR count). The second-order valence-electron chi connectivity index (χ2n) is 5.89. The summed E-state index contributed by atoms with van der Waals surface area (Å²) in [5.41, 5.74) is 4.20. The van der Waals surface area contributed by atoms with Crippen molar-refractivity contribution >= 4 is 11.7 Å². The van der Waals surface area contributed by atoms with Gasteiger partial charge >= 0.3 is 6.03 Å². The summed E-state index contributed by atoms with van der Waals surface area (Å²) in [6, 6.07) is 16.9. The fraction of sp³-hybridized carbons (Fsp3) is 0.150. The molecule has 0 aliphatic carbocycles. The Hall–Kier alpha value is -3.59. The van der Waals surface area contributed by atoms with Crippen LogP contribution >= 0.6 is 0 Å². The van der Waals surface area contributed by atoms with Crippen LogP contribution in [0.5, 0.6) is 0 Å². The SMILES string of the molecule is Cc1ccc(C#N)cc1NC(=O)NCCc1ccc(-n2cccn2)cc1. The van der Waals surface area contributed by atoms with Crippen LogP contribution in [0.2, 0.25) is 0 Å². The van der Waals surface area contributed by atoms with E-state index in [0.29, 0.717) is 17.8 Å². The highest BCUT2D eigenvalue weighted by molar-refractivity contribution is 5.90. The van der Waals surface area contributed by atoms with E-state index in [1.54, 1.807) is 23.0 Å². The Bertz CT molecular complexity index is 924. The van der Waals surface area contributed by atoms with E-state index >= 15 is 0 Å². The lowest BCUT2D eigenvalue weighted by molar-refractivity contribution is 0.252. The first-order chi connectivity index (χ1) is 12.7. The molecule has 26 heavy (non-hydrogen) atoms. The van der Waals surface area contributed by atoms with Gasteiger partial charge in [-0.1, -0.05) is 18.2 Å². The zero-order chi connectivity index (χ0) is 18.4. The zero-order valence-corrected chi connectivity index (χ0v) is 14.4. The molecule has 130 valence electrons. The molecule has 0 bridgehead atoms. The van der Waals surface area contributed by atoms with Crippen LogP contribution in [0.15, 0.2) is 60.9 Å². The number of nitriles is 1. The predicted octanol–water partition coefficient (Wildman–Crippen LogP) is 3.42. The van der Waals surface area contributed by atoms with Crippen molar-refractivity contribution in [3.63, 3.8) is 0 Å². The van der Waals surface area contributed by atoms with Crippen molar-refractivity contribution in [3.05, 3.63) is 77.6 Å². The lowest BCUT2D eigenvalue weighted by Crippen LogP contribution is -2.30. The minimum absolute atomic E-state index is 0.281. The first-order valence-electron chi connectivity index (χ1n) is 8.30. The molecule has 1 heterocycles. The summed E-state index contributed by atoms with van der Waals surface area (Å²) in [4.78, 5) is 12.0. The topological polar surface area (TPSA) is 82.7 Å². The number of benzene rings is 2. The maximum Gasteiger partial charge on any atom is 0.319 e. The number of rotatable bonds is 5. The minimum Gasteiger partial charge on any atom is -0.338 e. The normalized spacial score (nSPS) is 10.2. The number of aromatic nitrogens is 2. The van der Waals surface area contributed by atoms with E-state index in [0.717, 1.165) is 23.2 Å². The summed E-state index contributed by atoms with van der Waals surface area (Å²) in [6.45, 7) is 2.40. The van der Waals surface area contributed by atoms with Crippen molar-refractivity contribution < 1.29 is 4.79 Å². The highest BCUT2D eigenvalue weighted by atomic mass is 16.2. The summed E-state index contributed by atoms with van der Waals surface area (Å²) < 4.78 is 1.80. The quantitative estimate of drug-likeness (QED) is 0.743. The average Bonchev–Trinajstić information content (AvgIpc) is 3.19. The fourth-order valence-corrected chi connectivity index (χ4v) is 2.55. The number of carbonyl (C=O) groups is 1. The molecule has 2 N–H and O–H groups in total. The zero-order valence-electron chi connectivity index (χ0n) is 14.4. The van der Waals surface area contributed by atoms with Gasteiger partial charge in [0.05, 0.1) is 17.3 Å². The second-order valence-corrected chi connectivity index (χ2v) is 5.89. The number of hydrogen-bond acceptors (Lipinski definition) is 3. The van der Waals surface area contributed by atoms with Gasteiger partial charge in [0.25, 0.3) is 0 Å². The summed E-state index contributed by atoms with van der Waals surface area (Å²) in [7, 11) is 0. The van der Waals surface area contributed by atoms with Crippen molar-refractivity contribution in [2.24, 2.45) is 0 Å². The Balaban J connectivity index is 1.50. The number of nitrogens with one attached hydrogen (secondary N) is 2. The van der Waals surface area contributed by atoms with Gasteiger partial charge in [-0.2, -0.15) is 10.4 Å². The molecule has 2 aromatic carbocycles. The van der Waals surface area contributed by atoms with Crippen LogP contribution in [0.25, 0.3) is 5.69 Å². The third-order valence-corrected chi connectivity index (χ3v) is 4.02. The molecule has 0 aliphatic rings. The van der Waals surface area contributed by atoms with Gasteiger partial charge in [-0.25, -0.2) is 9.48 Å². The van der Waals surface area contributed by atoms with Gasteiger partial charge in [-0.05, 0) is 54.8 Å². The summed E-state index contributed by atoms with van der Waals surface area (Å²) in [6.07, 6.45) is 4.36. The van der Waals surface area contributed by atoms with E-state index in [9.17, 15) is 4.79 Å². The maximum atomic E-state index is 12.0. The first-order valence-corrected chi connectivity index (χ1v) is 8.30. The first kappa shape index (κ1) is 17.2. The molecule has 0 unspecified atom stereocenters. The van der Waals surface area contributed by atoms with Gasteiger partial charge in [0.2, 0.25) is 0 Å². The molecule has 0 spiro atoms. The Morgan fingerprint density at radius 1 is 1.23 bits per heavy atom. The highest BCUT2D eigenvalue weighted by Crippen LogP contribution is 2.16. The van der Waals surface area contributed by atoms with E-state index in [1.807, 2.05) is 49.5 Å². The molecule has 0 aliphatic heterocycles. The molecular weight excluding hydrogens is 326 g/mol. The van der Waals surface area contributed by atoms with Crippen molar-refractivity contribution in [2.45, 2.75) is 13.3 Å². The molecule has 0 radical (unpaired) electrons. The summed E-state index contributed by atoms with van der Waals surface area (Å²) in [5, 5.41) is 18.8. The predicted molar refractivity (Wildman–Crippen MR) is 100 cm³/mol. The molecule has 6 nitrogen and oxygen atoms in total. The van der Waals surface area contributed by atoms with Crippen molar-refractivity contribution in [1.29, 1.82) is 5.26 Å². The number of nitrogens with zero attached hydrogens (tertiary/aromatic N) is 3. The van der Waals surface area contributed by atoms with Gasteiger partial charge in [0.15, 0.2) is 0 Å². The fourth-order valence-electron chi connectivity index (χ4n) is 2.55. The van der Waals surface area contributed by atoms with Crippen LogP contribution in [0.1, 0.15) is 16.7 Å². The Morgan fingerprint density at radius 2 is 2.04 bits per heavy atom. The van der Waals surface area contributed by atoms with Gasteiger partial charge in [0, 0.05) is 24.6 Å². The van der Waals surface area contributed by atoms with Crippen LogP contribution in [-0.2, 0) is 6.42 Å². The largest absolute Gasteiger partial charge is 0.338 e. The molecule has 6 heteroatoms. The van der Waals surface area contributed by atoms with Gasteiger partial charge in [-0.15, -0.1) is 0 Å². The van der Waals surface area contributed by atoms with Crippen LogP contribution in [0, 0.1) is 18.3 Å². The molecule has 0 atom stereocenters. The second kappa shape index (κ2) is 7.99. The standard InChI is InChI=1S/C20H19N5O/c1-15-3-4-17(14-21)13-19(15)24-20(26)22-11-9-16-5-7-18(8-6-16)25-12-2-10-23-25/h2-8,10,12-13H,9,11H2,1H3,(H2,22,24,26). The average molecular weight is 345 g/mol. The number of carbonyl (C=O) groups excluding carboxylic acids is 1. The lowest BCUT2D eigenvalue weighted by Gasteiger charge is -2.10. The summed E-state index contributed by atoms with van der Waals surface area (Å²) >= 11 is 0. The number of anilines is 1. The molecule has 0 fully saturated rings. The summed E-state index contributed by atoms with van der Waals surface area (Å²) in [5.74, 6) is 0. The maximum absolute atomic E-state index is 12.0. The highest BCUT2D eigenvalue weighted by Gasteiger charge is 2.05. The number of urea groups is 1. The molecule has 3 aromatic rings. The van der Waals surface area contributed by atoms with E-state index in [-0.39, 0.29) is 6.03 Å². The number of hydrogen-bond donors (Lipinski definition) is 2. The van der Waals surface area contributed by atoms with Crippen molar-refractivity contribution in [1.82, 2.24) is 15.1 Å². The third-order valence-electron chi connectivity index (χ3n) is 4.02. The monoisotopic (exact) mass is 345 g/mol. The smallest absolute Gasteiger partial charge is 0.319 e. The van der Waals surface area contributed by atoms with Gasteiger partial charge in [0.1, 0.15) is 0 Å². The third kappa shape index (κ3) is 4.28. The van der Waals surface area contributed by atoms with E-state index < -0.39 is 0 Å². The van der Waals surface area contributed by atoms with Gasteiger partial charge in [-0.3, -0.25) is 0 Å². The van der Waals surface area contributed by atoms with Gasteiger partial charge < -0.3 is 10.6 Å².